The Hall–Kier alpha value is -2.05. The number of nitrogen functional groups attached to an aromatic ring is 1. The minimum Gasteiger partial charge on any atom is -0.466 e. The van der Waals surface area contributed by atoms with Gasteiger partial charge in [-0.15, -0.1) is 0 Å². The van der Waals surface area contributed by atoms with Crippen molar-refractivity contribution in [2.75, 3.05) is 30.3 Å². The first-order valence-electron chi connectivity index (χ1n) is 6.32. The van der Waals surface area contributed by atoms with Gasteiger partial charge in [-0.25, -0.2) is 0 Å². The van der Waals surface area contributed by atoms with Crippen LogP contribution >= 0.6 is 0 Å². The standard InChI is InChI=1S/C12H20N4O3/c1-4-16(5-2)12-14-10(13)8(11(18)15-12)7-9(17)19-6-3/h4-7H2,1-3H3,(H3,13,14,15,18). The first-order chi connectivity index (χ1) is 9.03. The highest BCUT2D eigenvalue weighted by molar-refractivity contribution is 5.74. The lowest BCUT2D eigenvalue weighted by molar-refractivity contribution is -0.142. The molecule has 0 bridgehead atoms. The summed E-state index contributed by atoms with van der Waals surface area (Å²) in [5.74, 6) is -0.00380. The number of carbonyl (C=O) groups is 1. The van der Waals surface area contributed by atoms with E-state index < -0.39 is 11.5 Å². The molecule has 1 heterocycles. The fourth-order valence-corrected chi connectivity index (χ4v) is 1.70. The van der Waals surface area contributed by atoms with Crippen LogP contribution in [-0.4, -0.2) is 35.6 Å². The van der Waals surface area contributed by atoms with E-state index in [1.54, 1.807) is 6.92 Å². The van der Waals surface area contributed by atoms with Gasteiger partial charge in [-0.2, -0.15) is 4.98 Å². The van der Waals surface area contributed by atoms with Gasteiger partial charge in [0.05, 0.1) is 18.6 Å². The van der Waals surface area contributed by atoms with Crippen molar-refractivity contribution in [3.05, 3.63) is 15.9 Å². The highest BCUT2D eigenvalue weighted by atomic mass is 16.5. The Morgan fingerprint density at radius 3 is 2.47 bits per heavy atom. The third-order valence-electron chi connectivity index (χ3n) is 2.72. The summed E-state index contributed by atoms with van der Waals surface area (Å²) in [4.78, 5) is 31.9. The number of H-pyrrole nitrogens is 1. The van der Waals surface area contributed by atoms with E-state index in [-0.39, 0.29) is 24.4 Å². The smallest absolute Gasteiger partial charge is 0.310 e. The SMILES string of the molecule is CCOC(=O)Cc1c(N)nc(N(CC)CC)[nH]c1=O. The lowest BCUT2D eigenvalue weighted by atomic mass is 10.2. The molecular weight excluding hydrogens is 248 g/mol. The van der Waals surface area contributed by atoms with E-state index in [9.17, 15) is 9.59 Å². The van der Waals surface area contributed by atoms with Gasteiger partial charge in [-0.05, 0) is 20.8 Å². The van der Waals surface area contributed by atoms with E-state index in [2.05, 4.69) is 9.97 Å². The number of carbonyl (C=O) groups excluding carboxylic acids is 1. The second kappa shape index (κ2) is 6.77. The first-order valence-corrected chi connectivity index (χ1v) is 6.32. The number of anilines is 2. The number of aromatic amines is 1. The van der Waals surface area contributed by atoms with Crippen LogP contribution < -0.4 is 16.2 Å². The van der Waals surface area contributed by atoms with Crippen molar-refractivity contribution in [2.24, 2.45) is 0 Å². The van der Waals surface area contributed by atoms with Crippen molar-refractivity contribution in [2.45, 2.75) is 27.2 Å². The minimum absolute atomic E-state index is 0.0682. The fourth-order valence-electron chi connectivity index (χ4n) is 1.70. The summed E-state index contributed by atoms with van der Waals surface area (Å²) in [6, 6.07) is 0. The summed E-state index contributed by atoms with van der Waals surface area (Å²) in [7, 11) is 0. The molecule has 0 radical (unpaired) electrons. The van der Waals surface area contributed by atoms with E-state index >= 15 is 0 Å². The Bertz CT molecular complexity index is 494. The molecule has 106 valence electrons. The molecule has 0 aliphatic carbocycles. The number of hydrogen-bond donors (Lipinski definition) is 2. The Balaban J connectivity index is 3.04. The summed E-state index contributed by atoms with van der Waals surface area (Å²) < 4.78 is 4.79. The third-order valence-corrected chi connectivity index (χ3v) is 2.72. The average Bonchev–Trinajstić information content (AvgIpc) is 2.36. The highest BCUT2D eigenvalue weighted by Gasteiger charge is 2.15. The molecule has 3 N–H and O–H groups in total. The second-order valence-electron chi connectivity index (χ2n) is 3.91. The summed E-state index contributed by atoms with van der Waals surface area (Å²) in [5, 5.41) is 0. The van der Waals surface area contributed by atoms with Gasteiger partial charge in [0, 0.05) is 13.1 Å². The number of nitrogens with one attached hydrogen (secondary N) is 1. The van der Waals surface area contributed by atoms with Crippen molar-refractivity contribution < 1.29 is 9.53 Å². The zero-order valence-electron chi connectivity index (χ0n) is 11.5. The maximum atomic E-state index is 11.9. The molecule has 0 spiro atoms. The van der Waals surface area contributed by atoms with Crippen LogP contribution in [0.25, 0.3) is 0 Å². The number of ether oxygens (including phenoxy) is 1. The molecule has 1 aromatic rings. The van der Waals surface area contributed by atoms with E-state index in [0.29, 0.717) is 19.0 Å². The molecule has 0 atom stereocenters. The molecule has 1 rings (SSSR count). The molecule has 7 heteroatoms. The van der Waals surface area contributed by atoms with Crippen molar-refractivity contribution in [3.63, 3.8) is 0 Å². The number of rotatable bonds is 6. The lowest BCUT2D eigenvalue weighted by Crippen LogP contribution is -2.29. The third kappa shape index (κ3) is 3.70. The average molecular weight is 268 g/mol. The Labute approximate surface area is 111 Å². The molecule has 1 aromatic heterocycles. The first kappa shape index (κ1) is 15.0. The topological polar surface area (TPSA) is 101 Å². The van der Waals surface area contributed by atoms with E-state index in [1.165, 1.54) is 0 Å². The second-order valence-corrected chi connectivity index (χ2v) is 3.91. The molecule has 0 fully saturated rings. The van der Waals surface area contributed by atoms with Crippen molar-refractivity contribution >= 4 is 17.7 Å². The Morgan fingerprint density at radius 2 is 2.00 bits per heavy atom. The number of nitrogens with zero attached hydrogens (tertiary/aromatic N) is 2. The summed E-state index contributed by atoms with van der Waals surface area (Å²) >= 11 is 0. The Morgan fingerprint density at radius 1 is 1.37 bits per heavy atom. The van der Waals surface area contributed by atoms with Crippen LogP contribution in [0.4, 0.5) is 11.8 Å². The highest BCUT2D eigenvalue weighted by Crippen LogP contribution is 2.10. The van der Waals surface area contributed by atoms with Crippen LogP contribution in [0.3, 0.4) is 0 Å². The van der Waals surface area contributed by atoms with Crippen LogP contribution in [0.2, 0.25) is 0 Å². The van der Waals surface area contributed by atoms with Crippen molar-refractivity contribution in [3.8, 4) is 0 Å². The van der Waals surface area contributed by atoms with E-state index in [1.807, 2.05) is 18.7 Å². The maximum Gasteiger partial charge on any atom is 0.310 e. The molecule has 0 aliphatic heterocycles. The van der Waals surface area contributed by atoms with Gasteiger partial charge in [0.2, 0.25) is 5.95 Å². The zero-order valence-corrected chi connectivity index (χ0v) is 11.5. The van der Waals surface area contributed by atoms with Crippen LogP contribution in [0, 0.1) is 0 Å². The number of aromatic nitrogens is 2. The largest absolute Gasteiger partial charge is 0.466 e. The van der Waals surface area contributed by atoms with Gasteiger partial charge in [-0.3, -0.25) is 14.6 Å². The van der Waals surface area contributed by atoms with Crippen LogP contribution in [0.15, 0.2) is 4.79 Å². The molecule has 0 saturated heterocycles. The fraction of sp³-hybridized carbons (Fsp3) is 0.583. The minimum atomic E-state index is -0.489. The number of nitrogens with two attached hydrogens (primary N) is 1. The quantitative estimate of drug-likeness (QED) is 0.720. The molecule has 0 aromatic carbocycles. The van der Waals surface area contributed by atoms with E-state index in [0.717, 1.165) is 0 Å². The zero-order chi connectivity index (χ0) is 14.4. The predicted molar refractivity (Wildman–Crippen MR) is 73.2 cm³/mol. The lowest BCUT2D eigenvalue weighted by Gasteiger charge is -2.19. The maximum absolute atomic E-state index is 11.9. The van der Waals surface area contributed by atoms with Crippen LogP contribution in [0.5, 0.6) is 0 Å². The van der Waals surface area contributed by atoms with Gasteiger partial charge in [0.15, 0.2) is 0 Å². The molecule has 0 aliphatic rings. The van der Waals surface area contributed by atoms with Gasteiger partial charge in [0.25, 0.3) is 5.56 Å². The van der Waals surface area contributed by atoms with Crippen LogP contribution in [-0.2, 0) is 16.0 Å². The van der Waals surface area contributed by atoms with Gasteiger partial charge >= 0.3 is 5.97 Å². The molecule has 19 heavy (non-hydrogen) atoms. The molecule has 7 nitrogen and oxygen atoms in total. The number of esters is 1. The molecule has 0 saturated carbocycles. The summed E-state index contributed by atoms with van der Waals surface area (Å²) in [6.07, 6.45) is -0.166. The Kier molecular flexibility index (Phi) is 5.35. The molecule has 0 amide bonds. The summed E-state index contributed by atoms with van der Waals surface area (Å²) in [5.41, 5.74) is 5.50. The summed E-state index contributed by atoms with van der Waals surface area (Å²) in [6.45, 7) is 7.28. The normalized spacial score (nSPS) is 10.3. The monoisotopic (exact) mass is 268 g/mol. The molecular formula is C12H20N4O3. The van der Waals surface area contributed by atoms with Gasteiger partial charge < -0.3 is 15.4 Å². The van der Waals surface area contributed by atoms with E-state index in [4.69, 9.17) is 10.5 Å². The molecule has 0 unspecified atom stereocenters. The predicted octanol–water partition coefficient (Wildman–Crippen LogP) is 0.304. The number of hydrogen-bond acceptors (Lipinski definition) is 6. The van der Waals surface area contributed by atoms with Crippen molar-refractivity contribution in [1.82, 2.24) is 9.97 Å². The van der Waals surface area contributed by atoms with Crippen LogP contribution in [0.1, 0.15) is 26.3 Å². The van der Waals surface area contributed by atoms with Gasteiger partial charge in [-0.1, -0.05) is 0 Å². The van der Waals surface area contributed by atoms with Crippen molar-refractivity contribution in [1.29, 1.82) is 0 Å². The van der Waals surface area contributed by atoms with Gasteiger partial charge in [0.1, 0.15) is 5.82 Å².